The zero-order valence-electron chi connectivity index (χ0n) is 16.3. The highest BCUT2D eigenvalue weighted by Crippen LogP contribution is 2.37. The topological polar surface area (TPSA) is 60.5 Å². The van der Waals surface area contributed by atoms with Crippen LogP contribution in [0.3, 0.4) is 0 Å². The second kappa shape index (κ2) is 7.51. The first-order valence-corrected chi connectivity index (χ1v) is 10.1. The second-order valence-electron chi connectivity index (χ2n) is 8.03. The first kappa shape index (κ1) is 18.9. The van der Waals surface area contributed by atoms with Crippen LogP contribution in [0.25, 0.3) is 0 Å². The summed E-state index contributed by atoms with van der Waals surface area (Å²) in [7, 11) is 0. The van der Waals surface area contributed by atoms with E-state index in [1.54, 1.807) is 6.20 Å². The molecule has 2 amide bonds. The Morgan fingerprint density at radius 3 is 2.75 bits per heavy atom. The van der Waals surface area contributed by atoms with Crippen molar-refractivity contribution in [2.45, 2.75) is 25.7 Å². The number of anilines is 3. The number of hydrogen-bond donors (Lipinski definition) is 2. The maximum absolute atomic E-state index is 12.7. The molecule has 4 rings (SSSR count). The van der Waals surface area contributed by atoms with E-state index in [9.17, 15) is 4.79 Å². The van der Waals surface area contributed by atoms with Gasteiger partial charge in [0.15, 0.2) is 0 Å². The lowest BCUT2D eigenvalue weighted by Crippen LogP contribution is -2.50. The zero-order valence-corrected chi connectivity index (χ0v) is 17.1. The fourth-order valence-electron chi connectivity index (χ4n) is 3.94. The quantitative estimate of drug-likeness (QED) is 0.795. The van der Waals surface area contributed by atoms with Crippen LogP contribution in [0.2, 0.25) is 5.02 Å². The highest BCUT2D eigenvalue weighted by atomic mass is 35.5. The average molecular weight is 400 g/mol. The standard InChI is InChI=1S/C21H26ClN5O/c1-21(2)7-9-23-18-14-15(5-6-16(18)21)25-20(28)27-12-10-26(11-13-27)19-17(22)4-3-8-24-19/h3-6,8,14,23H,7,9-13H2,1-2H3,(H,25,28). The first-order valence-electron chi connectivity index (χ1n) is 9.74. The van der Waals surface area contributed by atoms with E-state index in [1.165, 1.54) is 5.56 Å². The van der Waals surface area contributed by atoms with E-state index in [-0.39, 0.29) is 11.4 Å². The van der Waals surface area contributed by atoms with Crippen molar-refractivity contribution >= 4 is 34.8 Å². The van der Waals surface area contributed by atoms with Gasteiger partial charge in [-0.2, -0.15) is 0 Å². The van der Waals surface area contributed by atoms with Crippen LogP contribution in [0.5, 0.6) is 0 Å². The van der Waals surface area contributed by atoms with E-state index in [2.05, 4.69) is 40.4 Å². The van der Waals surface area contributed by atoms with E-state index in [1.807, 2.05) is 29.2 Å². The highest BCUT2D eigenvalue weighted by molar-refractivity contribution is 6.32. The normalized spacial score (nSPS) is 18.2. The molecule has 28 heavy (non-hydrogen) atoms. The molecule has 6 nitrogen and oxygen atoms in total. The Hall–Kier alpha value is -2.47. The SMILES string of the molecule is CC1(C)CCNc2cc(NC(=O)N3CCN(c4ncccc4Cl)CC3)ccc21. The summed E-state index contributed by atoms with van der Waals surface area (Å²) < 4.78 is 0. The maximum Gasteiger partial charge on any atom is 0.321 e. The third-order valence-corrected chi connectivity index (χ3v) is 5.97. The second-order valence-corrected chi connectivity index (χ2v) is 8.44. The Morgan fingerprint density at radius 2 is 2.00 bits per heavy atom. The number of fused-ring (bicyclic) bond motifs is 1. The van der Waals surface area contributed by atoms with Gasteiger partial charge in [-0.05, 0) is 41.7 Å². The van der Waals surface area contributed by atoms with Crippen molar-refractivity contribution in [3.05, 3.63) is 47.1 Å². The van der Waals surface area contributed by atoms with Gasteiger partial charge in [-0.1, -0.05) is 31.5 Å². The lowest BCUT2D eigenvalue weighted by molar-refractivity contribution is 0.208. The lowest BCUT2D eigenvalue weighted by atomic mass is 9.78. The summed E-state index contributed by atoms with van der Waals surface area (Å²) in [6.45, 7) is 8.17. The Kier molecular flexibility index (Phi) is 5.06. The molecule has 0 bridgehead atoms. The highest BCUT2D eigenvalue weighted by Gasteiger charge is 2.28. The lowest BCUT2D eigenvalue weighted by Gasteiger charge is -2.36. The third-order valence-electron chi connectivity index (χ3n) is 5.67. The zero-order chi connectivity index (χ0) is 19.7. The van der Waals surface area contributed by atoms with Gasteiger partial charge in [0.25, 0.3) is 0 Å². The van der Waals surface area contributed by atoms with Crippen molar-refractivity contribution in [3.8, 4) is 0 Å². The van der Waals surface area contributed by atoms with Gasteiger partial charge >= 0.3 is 6.03 Å². The molecule has 1 aromatic carbocycles. The van der Waals surface area contributed by atoms with Crippen LogP contribution in [-0.4, -0.2) is 48.6 Å². The van der Waals surface area contributed by atoms with Crippen molar-refractivity contribution in [1.29, 1.82) is 0 Å². The summed E-state index contributed by atoms with van der Waals surface area (Å²) in [5.74, 6) is 0.785. The van der Waals surface area contributed by atoms with Crippen molar-refractivity contribution in [1.82, 2.24) is 9.88 Å². The van der Waals surface area contributed by atoms with Gasteiger partial charge in [-0.3, -0.25) is 0 Å². The molecular formula is C21H26ClN5O. The van der Waals surface area contributed by atoms with E-state index >= 15 is 0 Å². The third kappa shape index (κ3) is 3.74. The van der Waals surface area contributed by atoms with Crippen LogP contribution in [0.15, 0.2) is 36.5 Å². The fraction of sp³-hybridized carbons (Fsp3) is 0.429. The molecule has 2 aromatic rings. The fourth-order valence-corrected chi connectivity index (χ4v) is 4.18. The van der Waals surface area contributed by atoms with Crippen molar-refractivity contribution < 1.29 is 4.79 Å². The van der Waals surface area contributed by atoms with Gasteiger partial charge in [-0.25, -0.2) is 9.78 Å². The summed E-state index contributed by atoms with van der Waals surface area (Å²) >= 11 is 6.24. The van der Waals surface area contributed by atoms with Crippen molar-refractivity contribution in [2.24, 2.45) is 0 Å². The van der Waals surface area contributed by atoms with Gasteiger partial charge in [-0.15, -0.1) is 0 Å². The number of rotatable bonds is 2. The van der Waals surface area contributed by atoms with Gasteiger partial charge in [0.1, 0.15) is 5.82 Å². The summed E-state index contributed by atoms with van der Waals surface area (Å²) in [6.07, 6.45) is 2.85. The number of urea groups is 1. The summed E-state index contributed by atoms with van der Waals surface area (Å²) in [5.41, 5.74) is 3.40. The number of aromatic nitrogens is 1. The number of nitrogens with zero attached hydrogens (tertiary/aromatic N) is 3. The van der Waals surface area contributed by atoms with E-state index in [0.29, 0.717) is 31.2 Å². The molecule has 0 aliphatic carbocycles. The average Bonchev–Trinajstić information content (AvgIpc) is 2.68. The van der Waals surface area contributed by atoms with Crippen LogP contribution in [-0.2, 0) is 5.41 Å². The molecule has 0 spiro atoms. The Balaban J connectivity index is 1.38. The molecule has 148 valence electrons. The predicted octanol–water partition coefficient (Wildman–Crippen LogP) is 4.18. The molecule has 0 saturated carbocycles. The smallest absolute Gasteiger partial charge is 0.321 e. The van der Waals surface area contributed by atoms with Crippen LogP contribution >= 0.6 is 11.6 Å². The number of pyridine rings is 1. The minimum absolute atomic E-state index is 0.0678. The molecular weight excluding hydrogens is 374 g/mol. The van der Waals surface area contributed by atoms with E-state index < -0.39 is 0 Å². The number of benzene rings is 1. The minimum atomic E-state index is -0.0678. The minimum Gasteiger partial charge on any atom is -0.385 e. The number of carbonyl (C=O) groups is 1. The van der Waals surface area contributed by atoms with Crippen LogP contribution in [0.1, 0.15) is 25.8 Å². The van der Waals surface area contributed by atoms with Gasteiger partial charge in [0, 0.05) is 50.3 Å². The molecule has 2 aliphatic heterocycles. The Labute approximate surface area is 170 Å². The van der Waals surface area contributed by atoms with Crippen LogP contribution in [0.4, 0.5) is 22.0 Å². The van der Waals surface area contributed by atoms with Gasteiger partial charge < -0.3 is 20.4 Å². The number of hydrogen-bond acceptors (Lipinski definition) is 4. The molecule has 1 fully saturated rings. The summed E-state index contributed by atoms with van der Waals surface area (Å²) in [6, 6.07) is 9.76. The molecule has 2 N–H and O–H groups in total. The van der Waals surface area contributed by atoms with Gasteiger partial charge in [0.2, 0.25) is 0 Å². The van der Waals surface area contributed by atoms with Crippen molar-refractivity contribution in [3.63, 3.8) is 0 Å². The predicted molar refractivity (Wildman–Crippen MR) is 115 cm³/mol. The molecule has 1 aromatic heterocycles. The molecule has 3 heterocycles. The Bertz CT molecular complexity index is 877. The monoisotopic (exact) mass is 399 g/mol. The largest absolute Gasteiger partial charge is 0.385 e. The molecule has 2 aliphatic rings. The van der Waals surface area contributed by atoms with Crippen molar-refractivity contribution in [2.75, 3.05) is 48.3 Å². The van der Waals surface area contributed by atoms with Gasteiger partial charge in [0.05, 0.1) is 5.02 Å². The van der Waals surface area contributed by atoms with Crippen LogP contribution < -0.4 is 15.5 Å². The number of piperazine rings is 1. The van der Waals surface area contributed by atoms with Crippen LogP contribution in [0, 0.1) is 0 Å². The number of nitrogens with one attached hydrogen (secondary N) is 2. The molecule has 7 heteroatoms. The number of carbonyl (C=O) groups excluding carboxylic acids is 1. The molecule has 0 radical (unpaired) electrons. The number of halogens is 1. The summed E-state index contributed by atoms with van der Waals surface area (Å²) in [4.78, 5) is 21.0. The molecule has 0 atom stereocenters. The van der Waals surface area contributed by atoms with E-state index in [0.717, 1.165) is 30.2 Å². The Morgan fingerprint density at radius 1 is 1.21 bits per heavy atom. The summed E-state index contributed by atoms with van der Waals surface area (Å²) in [5, 5.41) is 7.13. The first-order chi connectivity index (χ1) is 13.4. The van der Waals surface area contributed by atoms with E-state index in [4.69, 9.17) is 11.6 Å². The molecule has 0 unspecified atom stereocenters. The number of amides is 2. The molecule has 1 saturated heterocycles. The maximum atomic E-state index is 12.7.